The van der Waals surface area contributed by atoms with Gasteiger partial charge in [0.1, 0.15) is 6.10 Å². The molecule has 3 N–H and O–H groups in total. The minimum atomic E-state index is -0.593. The maximum Gasteiger partial charge on any atom is 0.191 e. The summed E-state index contributed by atoms with van der Waals surface area (Å²) < 4.78 is 0.680. The third-order valence-corrected chi connectivity index (χ3v) is 5.35. The van der Waals surface area contributed by atoms with Gasteiger partial charge in [-0.2, -0.15) is 0 Å². The molecule has 0 aliphatic rings. The molecule has 2 aromatic rings. The molecule has 2 aromatic heterocycles. The standard InChI is InChI=1S/C14H18ClN3OS2/c1-9-5-6-20-12(9)8-18-14(16-2)17-7-10(19)11-3-4-13(15)21-11/h3-6,10,19H,7-8H2,1-2H3,(H2,16,17,18). The third-order valence-electron chi connectivity index (χ3n) is 2.99. The van der Waals surface area contributed by atoms with Crippen LogP contribution in [0.2, 0.25) is 4.34 Å². The van der Waals surface area contributed by atoms with Crippen LogP contribution in [0.4, 0.5) is 0 Å². The normalized spacial score (nSPS) is 13.2. The molecule has 4 nitrogen and oxygen atoms in total. The van der Waals surface area contributed by atoms with E-state index in [2.05, 4.69) is 34.0 Å². The predicted molar refractivity (Wildman–Crippen MR) is 91.5 cm³/mol. The molecule has 0 aliphatic carbocycles. The number of aryl methyl sites for hydroxylation is 1. The number of hydrogen-bond acceptors (Lipinski definition) is 4. The molecule has 0 spiro atoms. The summed E-state index contributed by atoms with van der Waals surface area (Å²) in [5.41, 5.74) is 1.27. The Morgan fingerprint density at radius 1 is 1.38 bits per heavy atom. The van der Waals surface area contributed by atoms with Crippen LogP contribution in [0, 0.1) is 6.92 Å². The van der Waals surface area contributed by atoms with Crippen LogP contribution in [0.5, 0.6) is 0 Å². The highest BCUT2D eigenvalue weighted by Crippen LogP contribution is 2.26. The predicted octanol–water partition coefficient (Wildman–Crippen LogP) is 3.17. The van der Waals surface area contributed by atoms with E-state index in [1.807, 2.05) is 6.07 Å². The van der Waals surface area contributed by atoms with Gasteiger partial charge in [0, 0.05) is 23.3 Å². The first kappa shape index (κ1) is 16.3. The van der Waals surface area contributed by atoms with Crippen molar-refractivity contribution < 1.29 is 5.11 Å². The first-order valence-corrected chi connectivity index (χ1v) is 8.58. The smallest absolute Gasteiger partial charge is 0.191 e. The summed E-state index contributed by atoms with van der Waals surface area (Å²) in [4.78, 5) is 6.28. The molecule has 0 aliphatic heterocycles. The average molecular weight is 344 g/mol. The summed E-state index contributed by atoms with van der Waals surface area (Å²) in [6.07, 6.45) is -0.593. The number of halogens is 1. The Balaban J connectivity index is 1.81. The molecule has 2 heterocycles. The van der Waals surface area contributed by atoms with Crippen molar-refractivity contribution in [3.05, 3.63) is 43.2 Å². The lowest BCUT2D eigenvalue weighted by Crippen LogP contribution is -2.38. The van der Waals surface area contributed by atoms with Gasteiger partial charge in [-0.1, -0.05) is 11.6 Å². The molecule has 0 bridgehead atoms. The molecule has 7 heteroatoms. The van der Waals surface area contributed by atoms with Crippen molar-refractivity contribution in [3.63, 3.8) is 0 Å². The molecule has 1 unspecified atom stereocenters. The van der Waals surface area contributed by atoms with Gasteiger partial charge in [0.05, 0.1) is 10.9 Å². The second-order valence-corrected chi connectivity index (χ2v) is 7.24. The van der Waals surface area contributed by atoms with Crippen molar-refractivity contribution in [2.45, 2.75) is 19.6 Å². The molecule has 114 valence electrons. The number of aliphatic hydroxyl groups excluding tert-OH is 1. The molecule has 1 atom stereocenters. The van der Waals surface area contributed by atoms with Gasteiger partial charge in [0.15, 0.2) is 5.96 Å². The van der Waals surface area contributed by atoms with E-state index in [1.165, 1.54) is 21.8 Å². The van der Waals surface area contributed by atoms with Crippen molar-refractivity contribution in [2.75, 3.05) is 13.6 Å². The highest BCUT2D eigenvalue weighted by molar-refractivity contribution is 7.16. The summed E-state index contributed by atoms with van der Waals surface area (Å²) in [5.74, 6) is 0.671. The summed E-state index contributed by atoms with van der Waals surface area (Å²) in [6.45, 7) is 3.21. The molecule has 21 heavy (non-hydrogen) atoms. The van der Waals surface area contributed by atoms with E-state index in [-0.39, 0.29) is 0 Å². The number of nitrogens with zero attached hydrogens (tertiary/aromatic N) is 1. The summed E-state index contributed by atoms with van der Waals surface area (Å²) in [6, 6.07) is 5.73. The molecule has 0 amide bonds. The topological polar surface area (TPSA) is 56.7 Å². The second-order valence-electron chi connectivity index (χ2n) is 4.49. The third kappa shape index (κ3) is 4.71. The van der Waals surface area contributed by atoms with Crippen LogP contribution in [0.25, 0.3) is 0 Å². The summed E-state index contributed by atoms with van der Waals surface area (Å²) >= 11 is 8.97. The van der Waals surface area contributed by atoms with Crippen molar-refractivity contribution in [2.24, 2.45) is 4.99 Å². The van der Waals surface area contributed by atoms with E-state index in [0.717, 1.165) is 11.4 Å². The van der Waals surface area contributed by atoms with Gasteiger partial charge >= 0.3 is 0 Å². The first-order valence-electron chi connectivity index (χ1n) is 6.51. The highest BCUT2D eigenvalue weighted by Gasteiger charge is 2.11. The van der Waals surface area contributed by atoms with Gasteiger partial charge in [-0.25, -0.2) is 0 Å². The number of rotatable bonds is 5. The Hall–Kier alpha value is -1.08. The van der Waals surface area contributed by atoms with Crippen molar-refractivity contribution >= 4 is 40.2 Å². The number of guanidine groups is 1. The van der Waals surface area contributed by atoms with Gasteiger partial charge in [-0.15, -0.1) is 22.7 Å². The molecule has 2 rings (SSSR count). The zero-order chi connectivity index (χ0) is 15.2. The minimum absolute atomic E-state index is 0.389. The molecule has 0 saturated heterocycles. The Bertz CT molecular complexity index is 609. The van der Waals surface area contributed by atoms with E-state index in [9.17, 15) is 5.11 Å². The van der Waals surface area contributed by atoms with Crippen LogP contribution >= 0.6 is 34.3 Å². The first-order chi connectivity index (χ1) is 10.1. The molecular weight excluding hydrogens is 326 g/mol. The maximum atomic E-state index is 10.1. The number of nitrogens with one attached hydrogen (secondary N) is 2. The summed E-state index contributed by atoms with van der Waals surface area (Å²) in [7, 11) is 1.71. The van der Waals surface area contributed by atoms with E-state index < -0.39 is 6.10 Å². The highest BCUT2D eigenvalue weighted by atomic mass is 35.5. The number of hydrogen-bond donors (Lipinski definition) is 3. The van der Waals surface area contributed by atoms with Crippen LogP contribution in [0.3, 0.4) is 0 Å². The Labute approximate surface area is 137 Å². The van der Waals surface area contributed by atoms with Crippen LogP contribution in [0.1, 0.15) is 21.4 Å². The lowest BCUT2D eigenvalue weighted by molar-refractivity contribution is 0.184. The van der Waals surface area contributed by atoms with Gasteiger partial charge in [0.25, 0.3) is 0 Å². The van der Waals surface area contributed by atoms with E-state index in [1.54, 1.807) is 24.5 Å². The monoisotopic (exact) mass is 343 g/mol. The average Bonchev–Trinajstić information content (AvgIpc) is 3.08. The fourth-order valence-electron chi connectivity index (χ4n) is 1.77. The van der Waals surface area contributed by atoms with E-state index in [0.29, 0.717) is 16.8 Å². The molecule has 0 fully saturated rings. The molecular formula is C14H18ClN3OS2. The lowest BCUT2D eigenvalue weighted by Gasteiger charge is -2.14. The fraction of sp³-hybridized carbons (Fsp3) is 0.357. The molecule has 0 radical (unpaired) electrons. The minimum Gasteiger partial charge on any atom is -0.386 e. The number of aliphatic hydroxyl groups is 1. The lowest BCUT2D eigenvalue weighted by atomic mass is 10.3. The fourth-order valence-corrected chi connectivity index (χ4v) is 3.66. The van der Waals surface area contributed by atoms with Gasteiger partial charge in [0.2, 0.25) is 0 Å². The second kappa shape index (κ2) is 7.79. The zero-order valence-electron chi connectivity index (χ0n) is 11.9. The van der Waals surface area contributed by atoms with Gasteiger partial charge in [-0.3, -0.25) is 4.99 Å². The number of aliphatic imine (C=N–C) groups is 1. The summed E-state index contributed by atoms with van der Waals surface area (Å²) in [5, 5.41) is 18.5. The number of thiophene rings is 2. The van der Waals surface area contributed by atoms with Crippen LogP contribution < -0.4 is 10.6 Å². The van der Waals surface area contributed by atoms with Crippen molar-refractivity contribution in [1.82, 2.24) is 10.6 Å². The zero-order valence-corrected chi connectivity index (χ0v) is 14.3. The Kier molecular flexibility index (Phi) is 6.05. The molecule has 0 saturated carbocycles. The van der Waals surface area contributed by atoms with Crippen LogP contribution in [-0.2, 0) is 6.54 Å². The maximum absolute atomic E-state index is 10.1. The van der Waals surface area contributed by atoms with Crippen molar-refractivity contribution in [3.8, 4) is 0 Å². The molecule has 0 aromatic carbocycles. The van der Waals surface area contributed by atoms with E-state index in [4.69, 9.17) is 11.6 Å². The Morgan fingerprint density at radius 2 is 2.19 bits per heavy atom. The van der Waals surface area contributed by atoms with Gasteiger partial charge in [-0.05, 0) is 36.1 Å². The van der Waals surface area contributed by atoms with E-state index >= 15 is 0 Å². The van der Waals surface area contributed by atoms with Crippen LogP contribution in [0.15, 0.2) is 28.6 Å². The van der Waals surface area contributed by atoms with Crippen molar-refractivity contribution in [1.29, 1.82) is 0 Å². The van der Waals surface area contributed by atoms with Gasteiger partial charge < -0.3 is 15.7 Å². The quantitative estimate of drug-likeness (QED) is 0.577. The Morgan fingerprint density at radius 3 is 2.76 bits per heavy atom. The van der Waals surface area contributed by atoms with Crippen LogP contribution in [-0.4, -0.2) is 24.7 Å². The largest absolute Gasteiger partial charge is 0.386 e. The SMILES string of the molecule is CN=C(NCc1sccc1C)NCC(O)c1ccc(Cl)s1.